The van der Waals surface area contributed by atoms with E-state index >= 15 is 0 Å². The molecule has 112 valence electrons. The summed E-state index contributed by atoms with van der Waals surface area (Å²) in [4.78, 5) is 23.2. The second-order valence-corrected chi connectivity index (χ2v) is 5.95. The molecule has 0 aliphatic carbocycles. The minimum atomic E-state index is -0.642. The molecule has 0 aliphatic rings. The zero-order valence-electron chi connectivity index (χ0n) is 12.6. The highest BCUT2D eigenvalue weighted by molar-refractivity contribution is 5.82. The maximum Gasteiger partial charge on any atom is 0.336 e. The van der Waals surface area contributed by atoms with Gasteiger partial charge in [-0.15, -0.1) is 0 Å². The molecule has 0 unspecified atom stereocenters. The number of benzene rings is 1. The Bertz CT molecular complexity index is 712. The third-order valence-corrected chi connectivity index (χ3v) is 2.77. The van der Waals surface area contributed by atoms with Gasteiger partial charge < -0.3 is 14.5 Å². The molecule has 1 N–H and O–H groups in total. The molecule has 0 saturated heterocycles. The second-order valence-electron chi connectivity index (χ2n) is 5.95. The van der Waals surface area contributed by atoms with Gasteiger partial charge in [-0.1, -0.05) is 0 Å². The normalized spacial score (nSPS) is 13.0. The number of fused-ring (bicyclic) bond motifs is 1. The highest BCUT2D eigenvalue weighted by atomic mass is 16.5. The van der Waals surface area contributed by atoms with E-state index in [1.807, 2.05) is 20.8 Å². The molecule has 2 rings (SSSR count). The molecule has 2 aromatic rings. The first-order chi connectivity index (χ1) is 9.74. The van der Waals surface area contributed by atoms with E-state index in [0.29, 0.717) is 11.3 Å². The van der Waals surface area contributed by atoms with E-state index in [1.165, 1.54) is 6.07 Å². The minimum absolute atomic E-state index is 0.197. The molecular formula is C16H19NO4. The van der Waals surface area contributed by atoms with Crippen LogP contribution in [0, 0.1) is 0 Å². The fourth-order valence-corrected chi connectivity index (χ4v) is 1.84. The van der Waals surface area contributed by atoms with Crippen LogP contribution >= 0.6 is 0 Å². The van der Waals surface area contributed by atoms with Crippen LogP contribution in [0.25, 0.3) is 11.0 Å². The average molecular weight is 289 g/mol. The monoisotopic (exact) mass is 289 g/mol. The zero-order chi connectivity index (χ0) is 15.6. The molecule has 0 aliphatic heterocycles. The van der Waals surface area contributed by atoms with Crippen molar-refractivity contribution in [3.8, 4) is 5.75 Å². The molecule has 0 spiro atoms. The van der Waals surface area contributed by atoms with Gasteiger partial charge in [0.2, 0.25) is 0 Å². The van der Waals surface area contributed by atoms with Crippen molar-refractivity contribution < 1.29 is 13.9 Å². The van der Waals surface area contributed by atoms with Gasteiger partial charge in [-0.25, -0.2) is 4.79 Å². The van der Waals surface area contributed by atoms with Crippen LogP contribution < -0.4 is 15.7 Å². The molecule has 1 amide bonds. The first-order valence-electron chi connectivity index (χ1n) is 6.77. The van der Waals surface area contributed by atoms with Crippen molar-refractivity contribution in [2.45, 2.75) is 39.3 Å². The molecule has 21 heavy (non-hydrogen) atoms. The summed E-state index contributed by atoms with van der Waals surface area (Å²) in [6.07, 6.45) is -0.642. The summed E-state index contributed by atoms with van der Waals surface area (Å²) in [7, 11) is 0. The number of nitrogens with one attached hydrogen (secondary N) is 1. The molecule has 0 saturated carbocycles. The van der Waals surface area contributed by atoms with Crippen molar-refractivity contribution in [1.82, 2.24) is 5.32 Å². The van der Waals surface area contributed by atoms with Gasteiger partial charge >= 0.3 is 5.63 Å². The van der Waals surface area contributed by atoms with Crippen LogP contribution in [0.15, 0.2) is 39.5 Å². The minimum Gasteiger partial charge on any atom is -0.481 e. The van der Waals surface area contributed by atoms with Crippen molar-refractivity contribution in [2.24, 2.45) is 0 Å². The lowest BCUT2D eigenvalue weighted by Crippen LogP contribution is -2.46. The van der Waals surface area contributed by atoms with Gasteiger partial charge in [-0.3, -0.25) is 4.79 Å². The molecule has 1 heterocycles. The number of hydrogen-bond acceptors (Lipinski definition) is 4. The molecular weight excluding hydrogens is 270 g/mol. The number of carbonyl (C=O) groups is 1. The average Bonchev–Trinajstić information content (AvgIpc) is 2.36. The summed E-state index contributed by atoms with van der Waals surface area (Å²) >= 11 is 0. The molecule has 5 heteroatoms. The number of hydrogen-bond donors (Lipinski definition) is 1. The predicted octanol–water partition coefficient (Wildman–Crippen LogP) is 2.48. The van der Waals surface area contributed by atoms with Crippen LogP contribution in [0.1, 0.15) is 27.7 Å². The number of ether oxygens (including phenoxy) is 1. The van der Waals surface area contributed by atoms with Crippen LogP contribution in [0.4, 0.5) is 0 Å². The standard InChI is InChI=1S/C16H19NO4/c1-10(15(19)17-16(2,3)4)20-12-7-5-11-6-8-14(18)21-13(11)9-12/h5-10H,1-4H3,(H,17,19)/t10-/m1/s1. The van der Waals surface area contributed by atoms with Gasteiger partial charge in [-0.05, 0) is 45.9 Å². The SMILES string of the molecule is C[C@@H](Oc1ccc2ccc(=O)oc2c1)C(=O)NC(C)(C)C. The van der Waals surface area contributed by atoms with E-state index in [1.54, 1.807) is 31.2 Å². The second kappa shape index (κ2) is 5.60. The number of rotatable bonds is 3. The molecule has 5 nitrogen and oxygen atoms in total. The van der Waals surface area contributed by atoms with Crippen molar-refractivity contribution in [3.05, 3.63) is 40.8 Å². The van der Waals surface area contributed by atoms with E-state index in [-0.39, 0.29) is 11.4 Å². The quantitative estimate of drug-likeness (QED) is 0.881. The molecule has 1 aromatic carbocycles. The van der Waals surface area contributed by atoms with E-state index in [2.05, 4.69) is 5.32 Å². The van der Waals surface area contributed by atoms with Crippen molar-refractivity contribution in [1.29, 1.82) is 0 Å². The third kappa shape index (κ3) is 4.08. The largest absolute Gasteiger partial charge is 0.481 e. The number of carbonyl (C=O) groups excluding carboxylic acids is 1. The summed E-state index contributed by atoms with van der Waals surface area (Å²) in [6.45, 7) is 7.39. The summed E-state index contributed by atoms with van der Waals surface area (Å²) in [5.74, 6) is 0.283. The summed E-state index contributed by atoms with van der Waals surface area (Å²) in [5, 5.41) is 3.65. The van der Waals surface area contributed by atoms with E-state index in [0.717, 1.165) is 5.39 Å². The Labute approximate surface area is 122 Å². The predicted molar refractivity (Wildman–Crippen MR) is 80.5 cm³/mol. The van der Waals surface area contributed by atoms with Crippen LogP contribution in [-0.2, 0) is 4.79 Å². The molecule has 1 atom stereocenters. The summed E-state index contributed by atoms with van der Waals surface area (Å²) in [6, 6.07) is 8.17. The van der Waals surface area contributed by atoms with Crippen molar-refractivity contribution >= 4 is 16.9 Å². The fraction of sp³-hybridized carbons (Fsp3) is 0.375. The highest BCUT2D eigenvalue weighted by Crippen LogP contribution is 2.20. The lowest BCUT2D eigenvalue weighted by Gasteiger charge is -2.23. The van der Waals surface area contributed by atoms with Crippen LogP contribution in [0.2, 0.25) is 0 Å². The van der Waals surface area contributed by atoms with Gasteiger partial charge in [0.25, 0.3) is 5.91 Å². The Morgan fingerprint density at radius 3 is 2.57 bits per heavy atom. The van der Waals surface area contributed by atoms with Gasteiger partial charge in [0, 0.05) is 23.1 Å². The Balaban J connectivity index is 2.15. The summed E-state index contributed by atoms with van der Waals surface area (Å²) < 4.78 is 10.7. The Morgan fingerprint density at radius 1 is 1.24 bits per heavy atom. The molecule has 0 fully saturated rings. The Hall–Kier alpha value is -2.30. The Morgan fingerprint density at radius 2 is 1.90 bits per heavy atom. The van der Waals surface area contributed by atoms with Crippen LogP contribution in [0.3, 0.4) is 0 Å². The smallest absolute Gasteiger partial charge is 0.336 e. The van der Waals surface area contributed by atoms with Gasteiger partial charge in [0.15, 0.2) is 6.10 Å². The van der Waals surface area contributed by atoms with Crippen molar-refractivity contribution in [2.75, 3.05) is 0 Å². The van der Waals surface area contributed by atoms with Crippen LogP contribution in [-0.4, -0.2) is 17.6 Å². The fourth-order valence-electron chi connectivity index (χ4n) is 1.84. The third-order valence-electron chi connectivity index (χ3n) is 2.77. The first-order valence-corrected chi connectivity index (χ1v) is 6.77. The maximum absolute atomic E-state index is 12.0. The first kappa shape index (κ1) is 15.1. The maximum atomic E-state index is 12.0. The zero-order valence-corrected chi connectivity index (χ0v) is 12.6. The van der Waals surface area contributed by atoms with Gasteiger partial charge in [-0.2, -0.15) is 0 Å². The van der Waals surface area contributed by atoms with Crippen molar-refractivity contribution in [3.63, 3.8) is 0 Å². The molecule has 0 bridgehead atoms. The van der Waals surface area contributed by atoms with Gasteiger partial charge in [0.1, 0.15) is 11.3 Å². The van der Waals surface area contributed by atoms with Gasteiger partial charge in [0.05, 0.1) is 0 Å². The number of amides is 1. The van der Waals surface area contributed by atoms with E-state index in [9.17, 15) is 9.59 Å². The highest BCUT2D eigenvalue weighted by Gasteiger charge is 2.20. The van der Waals surface area contributed by atoms with E-state index in [4.69, 9.17) is 9.15 Å². The van der Waals surface area contributed by atoms with Crippen LogP contribution in [0.5, 0.6) is 5.75 Å². The summed E-state index contributed by atoms with van der Waals surface area (Å²) in [5.41, 5.74) is -0.299. The Kier molecular flexibility index (Phi) is 4.02. The lowest BCUT2D eigenvalue weighted by atomic mass is 10.1. The molecule has 0 radical (unpaired) electrons. The van der Waals surface area contributed by atoms with E-state index < -0.39 is 11.7 Å². The lowest BCUT2D eigenvalue weighted by molar-refractivity contribution is -0.128. The molecule has 1 aromatic heterocycles. The topological polar surface area (TPSA) is 68.5 Å².